The lowest BCUT2D eigenvalue weighted by Gasteiger charge is -2.39. The molecule has 0 aromatic carbocycles. The summed E-state index contributed by atoms with van der Waals surface area (Å²) in [7, 11) is 1.55. The molecule has 2 atom stereocenters. The number of likely N-dealkylation sites (tertiary alicyclic amines) is 1. The number of β-amino-alcohol motifs (C(OH)–C–C–N with tert-alkyl or cyclic N) is 1. The van der Waals surface area contributed by atoms with Crippen LogP contribution in [0.3, 0.4) is 0 Å². The predicted molar refractivity (Wildman–Crippen MR) is 70.2 cm³/mol. The maximum atomic E-state index is 12.8. The average Bonchev–Trinajstić information content (AvgIpc) is 2.81. The Hall–Kier alpha value is -1.18. The first kappa shape index (κ1) is 15.2. The number of piperidine rings is 1. The second-order valence-corrected chi connectivity index (χ2v) is 5.66. The van der Waals surface area contributed by atoms with E-state index in [-0.39, 0.29) is 25.5 Å². The summed E-state index contributed by atoms with van der Waals surface area (Å²) in [6, 6.07) is -0.930. The highest BCUT2D eigenvalue weighted by atomic mass is 16.5. The predicted octanol–water partition coefficient (Wildman–Crippen LogP) is -0.951. The van der Waals surface area contributed by atoms with Crippen molar-refractivity contribution in [3.63, 3.8) is 0 Å². The topological polar surface area (TPSA) is 99.1 Å². The lowest BCUT2D eigenvalue weighted by atomic mass is 9.78. The molecular formula is C13H22N2O5. The van der Waals surface area contributed by atoms with Gasteiger partial charge in [0.1, 0.15) is 6.04 Å². The number of methoxy groups -OCH3 is 1. The lowest BCUT2D eigenvalue weighted by Crippen LogP contribution is -2.54. The molecule has 0 spiro atoms. The Balaban J connectivity index is 2.20. The van der Waals surface area contributed by atoms with Gasteiger partial charge in [0, 0.05) is 20.1 Å². The smallest absolute Gasteiger partial charge is 0.326 e. The summed E-state index contributed by atoms with van der Waals surface area (Å²) in [6.07, 6.45) is 0.584. The van der Waals surface area contributed by atoms with Crippen LogP contribution in [0.4, 0.5) is 0 Å². The maximum Gasteiger partial charge on any atom is 0.326 e. The highest BCUT2D eigenvalue weighted by Gasteiger charge is 2.48. The lowest BCUT2D eigenvalue weighted by molar-refractivity contribution is -0.156. The number of carbonyl (C=O) groups excluding carboxylic acids is 1. The molecule has 0 saturated carbocycles. The average molecular weight is 286 g/mol. The molecule has 2 fully saturated rings. The van der Waals surface area contributed by atoms with Gasteiger partial charge in [-0.15, -0.1) is 0 Å². The minimum Gasteiger partial charge on any atom is -0.480 e. The van der Waals surface area contributed by atoms with Gasteiger partial charge in [0.25, 0.3) is 0 Å². The van der Waals surface area contributed by atoms with Crippen LogP contribution in [0, 0.1) is 5.41 Å². The van der Waals surface area contributed by atoms with E-state index in [0.29, 0.717) is 25.9 Å². The number of carbonyl (C=O) groups is 2. The molecule has 7 heteroatoms. The monoisotopic (exact) mass is 286 g/mol. The van der Waals surface area contributed by atoms with Crippen LogP contribution >= 0.6 is 0 Å². The van der Waals surface area contributed by atoms with Crippen LogP contribution in [0.1, 0.15) is 19.3 Å². The van der Waals surface area contributed by atoms with Crippen LogP contribution in [0.2, 0.25) is 0 Å². The summed E-state index contributed by atoms with van der Waals surface area (Å²) in [6.45, 7) is 1.80. The summed E-state index contributed by atoms with van der Waals surface area (Å²) < 4.78 is 5.20. The third-order valence-electron chi connectivity index (χ3n) is 4.26. The van der Waals surface area contributed by atoms with Crippen LogP contribution in [-0.4, -0.2) is 72.5 Å². The zero-order chi connectivity index (χ0) is 14.8. The highest BCUT2D eigenvalue weighted by Crippen LogP contribution is 2.34. The number of hydrogen-bond donors (Lipinski definition) is 3. The second-order valence-electron chi connectivity index (χ2n) is 5.66. The molecule has 0 aromatic heterocycles. The summed E-state index contributed by atoms with van der Waals surface area (Å²) >= 11 is 0. The fraction of sp³-hybridized carbons (Fsp3) is 0.846. The van der Waals surface area contributed by atoms with E-state index < -0.39 is 23.5 Å². The molecule has 114 valence electrons. The van der Waals surface area contributed by atoms with Gasteiger partial charge in [0.05, 0.1) is 18.1 Å². The van der Waals surface area contributed by atoms with Gasteiger partial charge >= 0.3 is 5.97 Å². The van der Waals surface area contributed by atoms with Crippen molar-refractivity contribution in [1.82, 2.24) is 10.2 Å². The van der Waals surface area contributed by atoms with Crippen LogP contribution in [0.15, 0.2) is 0 Å². The summed E-state index contributed by atoms with van der Waals surface area (Å²) in [5.41, 5.74) is -0.669. The molecule has 2 heterocycles. The molecule has 3 N–H and O–H groups in total. The van der Waals surface area contributed by atoms with Gasteiger partial charge in [0.2, 0.25) is 5.91 Å². The Bertz CT molecular complexity index is 375. The minimum absolute atomic E-state index is 0.0920. The van der Waals surface area contributed by atoms with Gasteiger partial charge in [-0.1, -0.05) is 0 Å². The Kier molecular flexibility index (Phi) is 4.62. The molecule has 2 rings (SSSR count). The summed E-state index contributed by atoms with van der Waals surface area (Å²) in [4.78, 5) is 25.4. The molecule has 0 radical (unpaired) electrons. The Morgan fingerprint density at radius 1 is 1.40 bits per heavy atom. The van der Waals surface area contributed by atoms with E-state index in [1.807, 2.05) is 0 Å². The van der Waals surface area contributed by atoms with Crippen molar-refractivity contribution in [2.24, 2.45) is 5.41 Å². The van der Waals surface area contributed by atoms with Gasteiger partial charge < -0.3 is 25.2 Å². The van der Waals surface area contributed by atoms with E-state index >= 15 is 0 Å². The number of rotatable bonds is 4. The SMILES string of the molecule is COCC1(C(=O)N2CC(O)CC2C(=O)O)CCNCC1. The number of nitrogens with one attached hydrogen (secondary N) is 1. The fourth-order valence-corrected chi connectivity index (χ4v) is 3.18. The molecule has 2 unspecified atom stereocenters. The Morgan fingerprint density at radius 3 is 2.60 bits per heavy atom. The summed E-state index contributed by atoms with van der Waals surface area (Å²) in [5.74, 6) is -1.26. The van der Waals surface area contributed by atoms with E-state index in [2.05, 4.69) is 5.32 Å². The van der Waals surface area contributed by atoms with Crippen molar-refractivity contribution in [3.8, 4) is 0 Å². The normalized spacial score (nSPS) is 29.4. The van der Waals surface area contributed by atoms with Crippen LogP contribution in [-0.2, 0) is 14.3 Å². The number of carboxylic acids is 1. The van der Waals surface area contributed by atoms with Crippen molar-refractivity contribution < 1.29 is 24.5 Å². The molecule has 2 aliphatic rings. The molecule has 7 nitrogen and oxygen atoms in total. The molecule has 2 aliphatic heterocycles. The van der Waals surface area contributed by atoms with E-state index in [1.165, 1.54) is 4.90 Å². The first-order chi connectivity index (χ1) is 9.50. The number of aliphatic hydroxyl groups is 1. The largest absolute Gasteiger partial charge is 0.480 e. The first-order valence-electron chi connectivity index (χ1n) is 6.92. The quantitative estimate of drug-likeness (QED) is 0.616. The van der Waals surface area contributed by atoms with E-state index in [9.17, 15) is 19.8 Å². The van der Waals surface area contributed by atoms with Crippen molar-refractivity contribution >= 4 is 11.9 Å². The Morgan fingerprint density at radius 2 is 2.05 bits per heavy atom. The minimum atomic E-state index is -1.06. The first-order valence-corrected chi connectivity index (χ1v) is 6.92. The molecular weight excluding hydrogens is 264 g/mol. The number of ether oxygens (including phenoxy) is 1. The standard InChI is InChI=1S/C13H22N2O5/c1-20-8-13(2-4-14-5-3-13)12(19)15-7-9(16)6-10(15)11(17)18/h9-10,14,16H,2-8H2,1H3,(H,17,18). The van der Waals surface area contributed by atoms with Crippen molar-refractivity contribution in [3.05, 3.63) is 0 Å². The maximum absolute atomic E-state index is 12.8. The van der Waals surface area contributed by atoms with Gasteiger partial charge in [-0.2, -0.15) is 0 Å². The van der Waals surface area contributed by atoms with Crippen molar-refractivity contribution in [2.75, 3.05) is 33.4 Å². The van der Waals surface area contributed by atoms with Crippen LogP contribution in [0.5, 0.6) is 0 Å². The van der Waals surface area contributed by atoms with E-state index in [1.54, 1.807) is 7.11 Å². The highest BCUT2D eigenvalue weighted by molar-refractivity contribution is 5.88. The third-order valence-corrected chi connectivity index (χ3v) is 4.26. The molecule has 2 saturated heterocycles. The molecule has 0 aliphatic carbocycles. The van der Waals surface area contributed by atoms with Crippen LogP contribution in [0.25, 0.3) is 0 Å². The zero-order valence-electron chi connectivity index (χ0n) is 11.7. The number of nitrogens with zero attached hydrogens (tertiary/aromatic N) is 1. The van der Waals surface area contributed by atoms with Gasteiger partial charge in [0.15, 0.2) is 0 Å². The number of amides is 1. The van der Waals surface area contributed by atoms with Gasteiger partial charge in [-0.25, -0.2) is 4.79 Å². The van der Waals surface area contributed by atoms with E-state index in [4.69, 9.17) is 4.74 Å². The number of hydrogen-bond acceptors (Lipinski definition) is 5. The third kappa shape index (κ3) is 2.79. The number of carboxylic acid groups (broad SMARTS) is 1. The number of aliphatic hydroxyl groups excluding tert-OH is 1. The molecule has 0 bridgehead atoms. The van der Waals surface area contributed by atoms with Crippen molar-refractivity contribution in [1.29, 1.82) is 0 Å². The van der Waals surface area contributed by atoms with Gasteiger partial charge in [-0.3, -0.25) is 4.79 Å². The zero-order valence-corrected chi connectivity index (χ0v) is 11.7. The number of aliphatic carboxylic acids is 1. The van der Waals surface area contributed by atoms with Crippen molar-refractivity contribution in [2.45, 2.75) is 31.4 Å². The van der Waals surface area contributed by atoms with E-state index in [0.717, 1.165) is 0 Å². The second kappa shape index (κ2) is 6.07. The molecule has 20 heavy (non-hydrogen) atoms. The van der Waals surface area contributed by atoms with Gasteiger partial charge in [-0.05, 0) is 25.9 Å². The Labute approximate surface area is 117 Å². The summed E-state index contributed by atoms with van der Waals surface area (Å²) in [5, 5.41) is 22.1. The molecule has 0 aromatic rings. The molecule has 1 amide bonds. The fourth-order valence-electron chi connectivity index (χ4n) is 3.18. The van der Waals surface area contributed by atoms with Crippen LogP contribution < -0.4 is 5.32 Å².